The molecule has 0 nitrogen and oxygen atoms in total. The zero-order valence-corrected chi connectivity index (χ0v) is 17.0. The molecule has 0 amide bonds. The molecule has 0 fully saturated rings. The van der Waals surface area contributed by atoms with E-state index in [1.165, 1.54) is 7.86 Å². The second-order valence-corrected chi connectivity index (χ2v) is 8.77. The van der Waals surface area contributed by atoms with Crippen molar-refractivity contribution in [3.8, 4) is 0 Å². The van der Waals surface area contributed by atoms with E-state index in [2.05, 4.69) is 13.8 Å². The molecule has 0 aliphatic heterocycles. The largest absolute Gasteiger partial charge is 2.00 e. The molecule has 0 aromatic heterocycles. The molecule has 0 radical (unpaired) electrons. The van der Waals surface area contributed by atoms with Crippen molar-refractivity contribution >= 4 is 13.5 Å². The molecule has 36 valence electrons. The first-order chi connectivity index (χ1) is 2.83. The van der Waals surface area contributed by atoms with Crippen LogP contribution in [0.5, 0.6) is 0 Å². The second-order valence-electron chi connectivity index (χ2n) is 1.000. The van der Waals surface area contributed by atoms with E-state index in [0.717, 1.165) is 52.2 Å². The van der Waals surface area contributed by atoms with Crippen LogP contribution in [0.2, 0.25) is 7.86 Å². The molecule has 3 heteroatoms. The fraction of sp³-hybridized carbons (Fsp3) is 1.00. The Bertz CT molecular complexity index is 11.7. The first-order valence-corrected chi connectivity index (χ1v) is 10.2. The van der Waals surface area contributed by atoms with Crippen molar-refractivity contribution in [3.05, 3.63) is 0 Å². The second kappa shape index (κ2) is 24.1. The van der Waals surface area contributed by atoms with Crippen molar-refractivity contribution < 1.29 is 52.2 Å². The van der Waals surface area contributed by atoms with Crippen molar-refractivity contribution in [3.63, 3.8) is 0 Å². The van der Waals surface area contributed by atoms with Crippen molar-refractivity contribution in [2.24, 2.45) is 0 Å². The van der Waals surface area contributed by atoms with Crippen LogP contribution >= 0.6 is 0 Å². The Hall–Kier alpha value is 2.22. The first-order valence-electron chi connectivity index (χ1n) is 2.41. The summed E-state index contributed by atoms with van der Waals surface area (Å²) in [6.45, 7) is 4.42. The summed E-state index contributed by atoms with van der Waals surface area (Å²) >= 11 is 2.13. The molecule has 0 bridgehead atoms. The van der Waals surface area contributed by atoms with Crippen LogP contribution in [-0.2, 0) is 65.7 Å². The van der Waals surface area contributed by atoms with Crippen molar-refractivity contribution in [2.45, 2.75) is 21.7 Å². The molecule has 0 atom stereocenters. The third kappa shape index (κ3) is 64.5. The smallest absolute Gasteiger partial charge is 2.00 e. The van der Waals surface area contributed by atoms with Crippen LogP contribution in [0.3, 0.4) is 0 Å². The minimum absolute atomic E-state index is 0. The Morgan fingerprint density at radius 2 is 1.00 bits per heavy atom. The predicted octanol–water partition coefficient (Wildman–Crippen LogP) is 1.94. The summed E-state index contributed by atoms with van der Waals surface area (Å²) in [5, 5.41) is 0. The summed E-state index contributed by atoms with van der Waals surface area (Å²) in [5.74, 6) is 0. The van der Waals surface area contributed by atoms with Gasteiger partial charge in [-0.2, -0.15) is 0 Å². The SMILES string of the molecule is C[CH2][Hg+].C[CH2][Hg+].[S-2]. The maximum atomic E-state index is 2.21. The Labute approximate surface area is 86.2 Å². The van der Waals surface area contributed by atoms with E-state index in [1.807, 2.05) is 0 Å². The van der Waals surface area contributed by atoms with Crippen molar-refractivity contribution in [1.82, 2.24) is 0 Å². The average molecular weight is 491 g/mol. The summed E-state index contributed by atoms with van der Waals surface area (Å²) < 4.78 is 2.89. The summed E-state index contributed by atoms with van der Waals surface area (Å²) in [5.41, 5.74) is 0. The number of hydrogen-bond donors (Lipinski definition) is 0. The van der Waals surface area contributed by atoms with Crippen LogP contribution in [0, 0.1) is 0 Å². The van der Waals surface area contributed by atoms with E-state index < -0.39 is 0 Å². The summed E-state index contributed by atoms with van der Waals surface area (Å²) in [7, 11) is 0. The van der Waals surface area contributed by atoms with E-state index in [-0.39, 0.29) is 13.5 Å². The zero-order chi connectivity index (χ0) is 5.41. The van der Waals surface area contributed by atoms with Crippen LogP contribution in [0.25, 0.3) is 0 Å². The molecule has 0 aliphatic rings. The van der Waals surface area contributed by atoms with Gasteiger partial charge in [-0.3, -0.25) is 0 Å². The summed E-state index contributed by atoms with van der Waals surface area (Å²) in [4.78, 5) is 0. The summed E-state index contributed by atoms with van der Waals surface area (Å²) in [6, 6.07) is 0. The maximum Gasteiger partial charge on any atom is -2.00 e. The molecule has 0 rings (SSSR count). The first kappa shape index (κ1) is 16.1. The van der Waals surface area contributed by atoms with Gasteiger partial charge in [0, 0.05) is 0 Å². The van der Waals surface area contributed by atoms with Gasteiger partial charge >= 0.3 is 73.9 Å². The van der Waals surface area contributed by atoms with Gasteiger partial charge in [-0.15, -0.1) is 0 Å². The molecular formula is C4H10Hg2S. The maximum absolute atomic E-state index is 2.21. The minimum atomic E-state index is 0. The Morgan fingerprint density at radius 3 is 1.00 bits per heavy atom. The van der Waals surface area contributed by atoms with E-state index in [9.17, 15) is 0 Å². The van der Waals surface area contributed by atoms with E-state index in [4.69, 9.17) is 0 Å². The van der Waals surface area contributed by atoms with Gasteiger partial charge in [0.15, 0.2) is 0 Å². The predicted molar refractivity (Wildman–Crippen MR) is 28.3 cm³/mol. The standard InChI is InChI=1S/2C2H5.2Hg.S/c2*1-2;;;/h2*1H2,2H3;;;/q;;2*+1;-2. The van der Waals surface area contributed by atoms with E-state index >= 15 is 0 Å². The van der Waals surface area contributed by atoms with Gasteiger partial charge in [-0.25, -0.2) is 0 Å². The van der Waals surface area contributed by atoms with Crippen LogP contribution in [0.4, 0.5) is 0 Å². The van der Waals surface area contributed by atoms with Gasteiger partial charge in [-0.1, -0.05) is 0 Å². The molecule has 0 aromatic rings. The molecule has 0 heterocycles. The quantitative estimate of drug-likeness (QED) is 0.455. The molecular weight excluding hydrogens is 481 g/mol. The number of rotatable bonds is 0. The topological polar surface area (TPSA) is 0 Å². The van der Waals surface area contributed by atoms with E-state index in [0.29, 0.717) is 0 Å². The Kier molecular flexibility index (Phi) is 55.3. The number of hydrogen-bond acceptors (Lipinski definition) is 0. The van der Waals surface area contributed by atoms with Gasteiger partial charge < -0.3 is 13.5 Å². The normalized spacial score (nSPS) is 5.43. The third-order valence-electron chi connectivity index (χ3n) is 0. The van der Waals surface area contributed by atoms with Gasteiger partial charge in [0.2, 0.25) is 0 Å². The van der Waals surface area contributed by atoms with Crippen molar-refractivity contribution in [2.75, 3.05) is 0 Å². The van der Waals surface area contributed by atoms with Gasteiger partial charge in [0.1, 0.15) is 0 Å². The fourth-order valence-electron chi connectivity index (χ4n) is 0. The zero-order valence-electron chi connectivity index (χ0n) is 5.24. The van der Waals surface area contributed by atoms with Gasteiger partial charge in [0.25, 0.3) is 0 Å². The van der Waals surface area contributed by atoms with Crippen molar-refractivity contribution in [1.29, 1.82) is 0 Å². The monoisotopic (exact) mass is 494 g/mol. The van der Waals surface area contributed by atoms with Crippen LogP contribution in [0.15, 0.2) is 0 Å². The van der Waals surface area contributed by atoms with Gasteiger partial charge in [0.05, 0.1) is 0 Å². The Morgan fingerprint density at radius 1 is 1.00 bits per heavy atom. The fourth-order valence-corrected chi connectivity index (χ4v) is 0. The average Bonchev–Trinajstić information content (AvgIpc) is 1.39. The Balaban J connectivity index is -0.0000000400. The molecule has 0 saturated heterocycles. The van der Waals surface area contributed by atoms with E-state index in [1.54, 1.807) is 0 Å². The molecule has 0 aliphatic carbocycles. The summed E-state index contributed by atoms with van der Waals surface area (Å²) in [6.07, 6.45) is 0. The van der Waals surface area contributed by atoms with Gasteiger partial charge in [-0.05, 0) is 0 Å². The van der Waals surface area contributed by atoms with Crippen LogP contribution in [-0.4, -0.2) is 0 Å². The minimum Gasteiger partial charge on any atom is -2.00 e. The molecule has 0 N–H and O–H groups in total. The third-order valence-corrected chi connectivity index (χ3v) is 0. The molecule has 0 aromatic carbocycles. The van der Waals surface area contributed by atoms with Crippen LogP contribution in [0.1, 0.15) is 13.8 Å². The molecule has 0 unspecified atom stereocenters. The van der Waals surface area contributed by atoms with Crippen LogP contribution < -0.4 is 0 Å². The molecule has 7 heavy (non-hydrogen) atoms. The molecule has 0 saturated carbocycles. The molecule has 0 spiro atoms.